The van der Waals surface area contributed by atoms with Crippen LogP contribution in [0.15, 0.2) is 11.8 Å². The monoisotopic (exact) mass is 210 g/mol. The molecule has 0 aromatic rings. The summed E-state index contributed by atoms with van der Waals surface area (Å²) >= 11 is 0. The van der Waals surface area contributed by atoms with E-state index in [1.54, 1.807) is 6.26 Å². The molecule has 0 aromatic carbocycles. The number of hydrogen-bond donors (Lipinski definition) is 0. The summed E-state index contributed by atoms with van der Waals surface area (Å²) in [4.78, 5) is 11.0. The van der Waals surface area contributed by atoms with E-state index < -0.39 is 0 Å². The third kappa shape index (κ3) is 1.87. The van der Waals surface area contributed by atoms with E-state index in [1.807, 2.05) is 0 Å². The minimum absolute atomic E-state index is 0.259. The first-order chi connectivity index (χ1) is 7.09. The predicted octanol–water partition coefficient (Wildman–Crippen LogP) is 2.47. The lowest BCUT2D eigenvalue weighted by Crippen LogP contribution is -2.36. The Morgan fingerprint density at radius 3 is 2.93 bits per heavy atom. The van der Waals surface area contributed by atoms with Gasteiger partial charge in [0, 0.05) is 12.8 Å². The van der Waals surface area contributed by atoms with Crippen LogP contribution in [0, 0.1) is 17.8 Å². The Hall–Kier alpha value is -0.990. The summed E-state index contributed by atoms with van der Waals surface area (Å²) in [5, 5.41) is 0. The molecule has 0 spiro atoms. The van der Waals surface area contributed by atoms with Crippen molar-refractivity contribution >= 4 is 5.97 Å². The Labute approximate surface area is 90.4 Å². The second kappa shape index (κ2) is 3.87. The van der Waals surface area contributed by atoms with Gasteiger partial charge in [-0.1, -0.05) is 6.92 Å². The van der Waals surface area contributed by atoms with Crippen LogP contribution >= 0.6 is 0 Å². The third-order valence-electron chi connectivity index (χ3n) is 3.62. The molecule has 3 nitrogen and oxygen atoms in total. The van der Waals surface area contributed by atoms with Gasteiger partial charge in [0.25, 0.3) is 0 Å². The van der Waals surface area contributed by atoms with Crippen LogP contribution in [0.5, 0.6) is 0 Å². The molecule has 0 bridgehead atoms. The van der Waals surface area contributed by atoms with Crippen molar-refractivity contribution in [3.05, 3.63) is 11.8 Å². The van der Waals surface area contributed by atoms with Gasteiger partial charge in [0.15, 0.2) is 0 Å². The van der Waals surface area contributed by atoms with Gasteiger partial charge >= 0.3 is 5.97 Å². The number of fused-ring (bicyclic) bond motifs is 1. The topological polar surface area (TPSA) is 35.5 Å². The van der Waals surface area contributed by atoms with Gasteiger partial charge in [0.1, 0.15) is 0 Å². The molecule has 1 fully saturated rings. The fourth-order valence-electron chi connectivity index (χ4n) is 2.84. The van der Waals surface area contributed by atoms with E-state index in [0.29, 0.717) is 17.8 Å². The van der Waals surface area contributed by atoms with Crippen molar-refractivity contribution in [2.75, 3.05) is 0 Å². The molecule has 1 aliphatic heterocycles. The number of carbonyl (C=O) groups excluding carboxylic acids is 1. The van der Waals surface area contributed by atoms with Crippen LogP contribution in [0.1, 0.15) is 33.6 Å². The highest BCUT2D eigenvalue weighted by Crippen LogP contribution is 2.46. The van der Waals surface area contributed by atoms with Gasteiger partial charge in [-0.05, 0) is 37.2 Å². The Bertz CT molecular complexity index is 295. The number of hydrogen-bond acceptors (Lipinski definition) is 3. The molecular weight excluding hydrogens is 192 g/mol. The average Bonchev–Trinajstić information content (AvgIpc) is 2.54. The van der Waals surface area contributed by atoms with Crippen LogP contribution in [0.2, 0.25) is 0 Å². The second-order valence-corrected chi connectivity index (χ2v) is 4.71. The summed E-state index contributed by atoms with van der Waals surface area (Å²) in [6.07, 6.45) is 3.78. The van der Waals surface area contributed by atoms with E-state index in [9.17, 15) is 4.79 Å². The Morgan fingerprint density at radius 2 is 2.27 bits per heavy atom. The molecular formula is C12H18O3. The van der Waals surface area contributed by atoms with Gasteiger partial charge in [-0.2, -0.15) is 0 Å². The Kier molecular flexibility index (Phi) is 2.72. The zero-order chi connectivity index (χ0) is 11.0. The molecule has 1 saturated carbocycles. The quantitative estimate of drug-likeness (QED) is 0.624. The lowest BCUT2D eigenvalue weighted by atomic mass is 9.84. The van der Waals surface area contributed by atoms with Gasteiger partial charge in [-0.25, -0.2) is 0 Å². The number of allylic oxidation sites excluding steroid dienone is 1. The van der Waals surface area contributed by atoms with Crippen molar-refractivity contribution in [1.82, 2.24) is 0 Å². The van der Waals surface area contributed by atoms with Crippen LogP contribution in [-0.4, -0.2) is 12.3 Å². The molecule has 84 valence electrons. The predicted molar refractivity (Wildman–Crippen MR) is 55.8 cm³/mol. The maximum absolute atomic E-state index is 11.0. The molecule has 2 rings (SSSR count). The summed E-state index contributed by atoms with van der Waals surface area (Å²) in [6, 6.07) is 0. The summed E-state index contributed by atoms with van der Waals surface area (Å²) in [6.45, 7) is 5.74. The number of esters is 1. The maximum Gasteiger partial charge on any atom is 0.305 e. The van der Waals surface area contributed by atoms with Crippen LogP contribution in [0.25, 0.3) is 0 Å². The van der Waals surface area contributed by atoms with Crippen LogP contribution in [0.3, 0.4) is 0 Å². The molecule has 1 heterocycles. The molecule has 4 unspecified atom stereocenters. The molecule has 0 aromatic heterocycles. The highest BCUT2D eigenvalue weighted by molar-refractivity contribution is 5.66. The number of carbonyl (C=O) groups is 1. The summed E-state index contributed by atoms with van der Waals surface area (Å²) in [7, 11) is 0. The molecule has 1 aliphatic carbocycles. The second-order valence-electron chi connectivity index (χ2n) is 4.71. The Balaban J connectivity index is 2.16. The van der Waals surface area contributed by atoms with Crippen molar-refractivity contribution in [3.8, 4) is 0 Å². The fourth-order valence-corrected chi connectivity index (χ4v) is 2.84. The minimum atomic E-state index is -0.367. The first kappa shape index (κ1) is 10.5. The van der Waals surface area contributed by atoms with Gasteiger partial charge in [0.2, 0.25) is 6.29 Å². The first-order valence-electron chi connectivity index (χ1n) is 5.59. The van der Waals surface area contributed by atoms with Crippen LogP contribution in [0.4, 0.5) is 0 Å². The smallest absolute Gasteiger partial charge is 0.305 e. The van der Waals surface area contributed by atoms with Crippen molar-refractivity contribution in [3.63, 3.8) is 0 Å². The van der Waals surface area contributed by atoms with E-state index in [4.69, 9.17) is 9.47 Å². The summed E-state index contributed by atoms with van der Waals surface area (Å²) < 4.78 is 10.7. The van der Waals surface area contributed by atoms with Crippen molar-refractivity contribution in [2.24, 2.45) is 17.8 Å². The normalized spacial score (nSPS) is 39.0. The van der Waals surface area contributed by atoms with Gasteiger partial charge in [-0.3, -0.25) is 4.79 Å². The van der Waals surface area contributed by atoms with Gasteiger partial charge in [0.05, 0.1) is 6.26 Å². The first-order valence-corrected chi connectivity index (χ1v) is 5.59. The summed E-state index contributed by atoms with van der Waals surface area (Å²) in [5.74, 6) is 1.20. The highest BCUT2D eigenvalue weighted by Gasteiger charge is 2.44. The zero-order valence-electron chi connectivity index (χ0n) is 9.53. The van der Waals surface area contributed by atoms with E-state index >= 15 is 0 Å². The number of ether oxygens (including phenoxy) is 2. The molecule has 2 aliphatic rings. The molecule has 0 N–H and O–H groups in total. The largest absolute Gasteiger partial charge is 0.462 e. The van der Waals surface area contributed by atoms with Crippen LogP contribution < -0.4 is 0 Å². The molecule has 4 atom stereocenters. The lowest BCUT2D eigenvalue weighted by Gasteiger charge is -2.34. The number of rotatable bonds is 1. The van der Waals surface area contributed by atoms with E-state index in [2.05, 4.69) is 13.8 Å². The molecule has 0 amide bonds. The third-order valence-corrected chi connectivity index (χ3v) is 3.62. The van der Waals surface area contributed by atoms with Crippen molar-refractivity contribution in [1.29, 1.82) is 0 Å². The highest BCUT2D eigenvalue weighted by atomic mass is 16.7. The lowest BCUT2D eigenvalue weighted by molar-refractivity contribution is -0.184. The van der Waals surface area contributed by atoms with E-state index in [0.717, 1.165) is 0 Å². The zero-order valence-corrected chi connectivity index (χ0v) is 9.53. The average molecular weight is 210 g/mol. The molecule has 0 radical (unpaired) electrons. The standard InChI is InChI=1S/C12H18O3/c1-7-4-5-10-8(2)6-14-12(11(7)10)15-9(3)13/h6-7,10-12H,4-5H2,1-3H3. The van der Waals surface area contributed by atoms with Gasteiger partial charge in [-0.15, -0.1) is 0 Å². The minimum Gasteiger partial charge on any atom is -0.462 e. The van der Waals surface area contributed by atoms with E-state index in [1.165, 1.54) is 25.3 Å². The van der Waals surface area contributed by atoms with Crippen molar-refractivity contribution in [2.45, 2.75) is 39.9 Å². The van der Waals surface area contributed by atoms with Crippen LogP contribution in [-0.2, 0) is 14.3 Å². The Morgan fingerprint density at radius 1 is 1.53 bits per heavy atom. The maximum atomic E-state index is 11.0. The fraction of sp³-hybridized carbons (Fsp3) is 0.750. The summed E-state index contributed by atoms with van der Waals surface area (Å²) in [5.41, 5.74) is 1.28. The van der Waals surface area contributed by atoms with Gasteiger partial charge < -0.3 is 9.47 Å². The molecule has 0 saturated heterocycles. The van der Waals surface area contributed by atoms with Crippen molar-refractivity contribution < 1.29 is 14.3 Å². The molecule has 3 heteroatoms. The SMILES string of the molecule is CC(=O)OC1OC=C(C)C2CCC(C)C12. The van der Waals surface area contributed by atoms with E-state index in [-0.39, 0.29) is 12.3 Å². The molecule has 15 heavy (non-hydrogen) atoms.